The molecule has 1 atom stereocenters. The predicted molar refractivity (Wildman–Crippen MR) is 106 cm³/mol. The van der Waals surface area contributed by atoms with Gasteiger partial charge in [0.15, 0.2) is 0 Å². The summed E-state index contributed by atoms with van der Waals surface area (Å²) < 4.78 is 13.9. The molecule has 0 radical (unpaired) electrons. The molecule has 0 aromatic heterocycles. The molecule has 27 heavy (non-hydrogen) atoms. The molecule has 0 spiro atoms. The largest absolute Gasteiger partial charge is 0.480 e. The zero-order valence-corrected chi connectivity index (χ0v) is 15.5. The molecule has 1 saturated carbocycles. The third-order valence-corrected chi connectivity index (χ3v) is 5.49. The molecule has 1 N–H and O–H groups in total. The number of benzene rings is 2. The lowest BCUT2D eigenvalue weighted by Crippen LogP contribution is -2.34. The number of rotatable bonds is 7. The highest BCUT2D eigenvalue weighted by Gasteiger charge is 2.37. The normalized spacial score (nSPS) is 17.1. The summed E-state index contributed by atoms with van der Waals surface area (Å²) in [4.78, 5) is 16.7. The second kappa shape index (κ2) is 8.94. The Morgan fingerprint density at radius 2 is 1.48 bits per heavy atom. The number of hydrogen-bond acceptors (Lipinski definition) is 2. The van der Waals surface area contributed by atoms with Crippen LogP contribution in [0.5, 0.6) is 0 Å². The van der Waals surface area contributed by atoms with Crippen molar-refractivity contribution in [3.63, 3.8) is 0 Å². The zero-order chi connectivity index (χ0) is 19.1. The van der Waals surface area contributed by atoms with Gasteiger partial charge >= 0.3 is 5.97 Å². The zero-order valence-electron chi connectivity index (χ0n) is 15.5. The second-order valence-electron chi connectivity index (χ2n) is 7.46. The number of carboxylic acids is 1. The summed E-state index contributed by atoms with van der Waals surface area (Å²) >= 11 is 0. The standard InChI is InChI=1S/C23H26FNO2/c24-17-23(14-8-3-9-15-23)16-20(22(26)27)25-21(18-10-4-1-5-11-18)19-12-6-2-7-13-19/h1-2,4-7,10-13,20H,3,8-9,14-17H2,(H,26,27). The first kappa shape index (κ1) is 19.3. The summed E-state index contributed by atoms with van der Waals surface area (Å²) in [6.45, 7) is -0.474. The Morgan fingerprint density at radius 3 is 1.93 bits per heavy atom. The topological polar surface area (TPSA) is 49.7 Å². The van der Waals surface area contributed by atoms with Crippen molar-refractivity contribution < 1.29 is 14.3 Å². The Hall–Kier alpha value is -2.49. The number of halogens is 1. The van der Waals surface area contributed by atoms with E-state index in [4.69, 9.17) is 0 Å². The van der Waals surface area contributed by atoms with Gasteiger partial charge in [-0.3, -0.25) is 9.38 Å². The van der Waals surface area contributed by atoms with Crippen molar-refractivity contribution in [1.82, 2.24) is 0 Å². The van der Waals surface area contributed by atoms with Gasteiger partial charge in [-0.1, -0.05) is 79.9 Å². The van der Waals surface area contributed by atoms with Crippen LogP contribution in [-0.4, -0.2) is 29.5 Å². The van der Waals surface area contributed by atoms with E-state index in [9.17, 15) is 14.3 Å². The monoisotopic (exact) mass is 367 g/mol. The highest BCUT2D eigenvalue weighted by Crippen LogP contribution is 2.41. The Labute approximate surface area is 160 Å². The molecule has 0 aliphatic heterocycles. The summed E-state index contributed by atoms with van der Waals surface area (Å²) in [7, 11) is 0. The number of carbonyl (C=O) groups is 1. The van der Waals surface area contributed by atoms with Gasteiger partial charge in [0.2, 0.25) is 0 Å². The lowest BCUT2D eigenvalue weighted by atomic mass is 9.71. The number of aliphatic carboxylic acids is 1. The molecule has 1 aliphatic carbocycles. The highest BCUT2D eigenvalue weighted by molar-refractivity contribution is 6.13. The molecular weight excluding hydrogens is 341 g/mol. The summed E-state index contributed by atoms with van der Waals surface area (Å²) in [6, 6.07) is 18.2. The fraction of sp³-hybridized carbons (Fsp3) is 0.391. The van der Waals surface area contributed by atoms with Gasteiger partial charge in [-0.05, 0) is 19.3 Å². The minimum absolute atomic E-state index is 0.252. The molecule has 1 aliphatic rings. The molecule has 0 amide bonds. The van der Waals surface area contributed by atoms with Crippen LogP contribution in [-0.2, 0) is 4.79 Å². The number of aliphatic imine (C=N–C) groups is 1. The van der Waals surface area contributed by atoms with Crippen LogP contribution in [0, 0.1) is 5.41 Å². The van der Waals surface area contributed by atoms with E-state index in [-0.39, 0.29) is 6.42 Å². The van der Waals surface area contributed by atoms with Crippen molar-refractivity contribution in [3.8, 4) is 0 Å². The van der Waals surface area contributed by atoms with Crippen LogP contribution >= 0.6 is 0 Å². The van der Waals surface area contributed by atoms with Crippen molar-refractivity contribution in [2.45, 2.75) is 44.6 Å². The van der Waals surface area contributed by atoms with Gasteiger partial charge in [0, 0.05) is 16.5 Å². The molecule has 142 valence electrons. The minimum atomic E-state index is -0.988. The van der Waals surface area contributed by atoms with E-state index in [0.717, 1.165) is 43.2 Å². The minimum Gasteiger partial charge on any atom is -0.480 e. The summed E-state index contributed by atoms with van der Waals surface area (Å²) in [5, 5.41) is 9.83. The Balaban J connectivity index is 1.98. The lowest BCUT2D eigenvalue weighted by molar-refractivity contribution is -0.139. The van der Waals surface area contributed by atoms with Crippen LogP contribution in [0.3, 0.4) is 0 Å². The number of nitrogens with zero attached hydrogens (tertiary/aromatic N) is 1. The van der Waals surface area contributed by atoms with Crippen molar-refractivity contribution >= 4 is 11.7 Å². The highest BCUT2D eigenvalue weighted by atomic mass is 19.1. The van der Waals surface area contributed by atoms with Crippen molar-refractivity contribution in [1.29, 1.82) is 0 Å². The van der Waals surface area contributed by atoms with Crippen molar-refractivity contribution in [3.05, 3.63) is 71.8 Å². The molecular formula is C23H26FNO2. The molecule has 3 nitrogen and oxygen atoms in total. The van der Waals surface area contributed by atoms with Gasteiger partial charge in [-0.25, -0.2) is 4.79 Å². The van der Waals surface area contributed by atoms with Gasteiger partial charge in [-0.2, -0.15) is 0 Å². The van der Waals surface area contributed by atoms with Crippen LogP contribution in [0.1, 0.15) is 49.7 Å². The van der Waals surface area contributed by atoms with Crippen LogP contribution in [0.4, 0.5) is 4.39 Å². The maximum absolute atomic E-state index is 13.9. The number of carboxylic acid groups (broad SMARTS) is 1. The van der Waals surface area contributed by atoms with E-state index < -0.39 is 24.1 Å². The Kier molecular flexibility index (Phi) is 6.38. The molecule has 0 bridgehead atoms. The molecule has 1 fully saturated rings. The van der Waals surface area contributed by atoms with Crippen LogP contribution < -0.4 is 0 Å². The van der Waals surface area contributed by atoms with E-state index in [1.165, 1.54) is 0 Å². The lowest BCUT2D eigenvalue weighted by Gasteiger charge is -2.36. The Bertz CT molecular complexity index is 726. The maximum Gasteiger partial charge on any atom is 0.328 e. The third-order valence-electron chi connectivity index (χ3n) is 5.49. The Morgan fingerprint density at radius 1 is 0.963 bits per heavy atom. The summed E-state index contributed by atoms with van der Waals surface area (Å²) in [6.07, 6.45) is 4.77. The quantitative estimate of drug-likeness (QED) is 0.676. The second-order valence-corrected chi connectivity index (χ2v) is 7.46. The van der Waals surface area contributed by atoms with E-state index in [0.29, 0.717) is 5.71 Å². The van der Waals surface area contributed by atoms with Crippen molar-refractivity contribution in [2.24, 2.45) is 10.4 Å². The SMILES string of the molecule is O=C(O)C(CC1(CF)CCCCC1)N=C(c1ccccc1)c1ccccc1. The molecule has 2 aromatic rings. The fourth-order valence-corrected chi connectivity index (χ4v) is 3.96. The first-order valence-electron chi connectivity index (χ1n) is 9.61. The average Bonchev–Trinajstić information content (AvgIpc) is 2.73. The molecule has 0 saturated heterocycles. The van der Waals surface area contributed by atoms with Crippen LogP contribution in [0.2, 0.25) is 0 Å². The molecule has 3 rings (SSSR count). The smallest absolute Gasteiger partial charge is 0.328 e. The van der Waals surface area contributed by atoms with Crippen molar-refractivity contribution in [2.75, 3.05) is 6.67 Å². The summed E-state index contributed by atoms with van der Waals surface area (Å²) in [5.41, 5.74) is 1.83. The number of hydrogen-bond donors (Lipinski definition) is 1. The first-order valence-corrected chi connectivity index (χ1v) is 9.61. The van der Waals surface area contributed by atoms with Gasteiger partial charge in [0.25, 0.3) is 0 Å². The summed E-state index contributed by atoms with van der Waals surface area (Å²) in [5.74, 6) is -0.988. The van der Waals surface area contributed by atoms with Gasteiger partial charge in [-0.15, -0.1) is 0 Å². The molecule has 0 heterocycles. The molecule has 4 heteroatoms. The fourth-order valence-electron chi connectivity index (χ4n) is 3.96. The van der Waals surface area contributed by atoms with Gasteiger partial charge in [0.1, 0.15) is 6.04 Å². The predicted octanol–water partition coefficient (Wildman–Crippen LogP) is 5.29. The number of alkyl halides is 1. The van der Waals surface area contributed by atoms with E-state index in [2.05, 4.69) is 4.99 Å². The van der Waals surface area contributed by atoms with E-state index in [1.54, 1.807) is 0 Å². The van der Waals surface area contributed by atoms with Gasteiger partial charge < -0.3 is 5.11 Å². The van der Waals surface area contributed by atoms with Crippen LogP contribution in [0.25, 0.3) is 0 Å². The first-order chi connectivity index (χ1) is 13.1. The van der Waals surface area contributed by atoms with Crippen LogP contribution in [0.15, 0.2) is 65.7 Å². The van der Waals surface area contributed by atoms with Gasteiger partial charge in [0.05, 0.1) is 12.4 Å². The molecule has 2 aromatic carbocycles. The maximum atomic E-state index is 13.9. The van der Waals surface area contributed by atoms with E-state index >= 15 is 0 Å². The molecule has 1 unspecified atom stereocenters. The van der Waals surface area contributed by atoms with E-state index in [1.807, 2.05) is 60.7 Å². The third kappa shape index (κ3) is 4.82. The average molecular weight is 367 g/mol.